The summed E-state index contributed by atoms with van der Waals surface area (Å²) in [5, 5.41) is 11.4. The van der Waals surface area contributed by atoms with Gasteiger partial charge in [-0.1, -0.05) is 0 Å². The first kappa shape index (κ1) is 13.0. The molecule has 2 aliphatic rings. The predicted octanol–water partition coefficient (Wildman–Crippen LogP) is 0.763. The number of fused-ring (bicyclic) bond motifs is 1. The van der Waals surface area contributed by atoms with Crippen molar-refractivity contribution in [3.63, 3.8) is 0 Å². The lowest BCUT2D eigenvalue weighted by atomic mass is 10.2. The standard InChI is InChI=1S/C12H17N3O3S/c13-10(12(16)17)8-6-19-11(14-8)9-4-15-3-1-2-7(15)5-18-9/h6-7,9-10H,1-5,13H2,(H,16,17). The van der Waals surface area contributed by atoms with Gasteiger partial charge in [-0.05, 0) is 19.4 Å². The Morgan fingerprint density at radius 1 is 1.68 bits per heavy atom. The molecule has 6 nitrogen and oxygen atoms in total. The fraction of sp³-hybridized carbons (Fsp3) is 0.667. The molecule has 2 saturated heterocycles. The summed E-state index contributed by atoms with van der Waals surface area (Å²) in [5.74, 6) is -1.05. The van der Waals surface area contributed by atoms with Gasteiger partial charge in [-0.25, -0.2) is 4.98 Å². The maximum absolute atomic E-state index is 10.8. The summed E-state index contributed by atoms with van der Waals surface area (Å²) in [6.45, 7) is 2.71. The molecule has 0 radical (unpaired) electrons. The smallest absolute Gasteiger partial charge is 0.326 e. The van der Waals surface area contributed by atoms with Crippen molar-refractivity contribution in [1.82, 2.24) is 9.88 Å². The van der Waals surface area contributed by atoms with E-state index < -0.39 is 12.0 Å². The van der Waals surface area contributed by atoms with E-state index in [0.29, 0.717) is 11.7 Å². The van der Waals surface area contributed by atoms with Crippen LogP contribution >= 0.6 is 11.3 Å². The van der Waals surface area contributed by atoms with Gasteiger partial charge >= 0.3 is 5.97 Å². The highest BCUT2D eigenvalue weighted by atomic mass is 32.1. The summed E-state index contributed by atoms with van der Waals surface area (Å²) in [7, 11) is 0. The maximum atomic E-state index is 10.8. The lowest BCUT2D eigenvalue weighted by Crippen LogP contribution is -2.42. The lowest BCUT2D eigenvalue weighted by molar-refractivity contribution is -0.138. The molecule has 19 heavy (non-hydrogen) atoms. The van der Waals surface area contributed by atoms with Crippen molar-refractivity contribution in [3.8, 4) is 0 Å². The molecule has 1 aromatic heterocycles. The molecule has 104 valence electrons. The molecule has 0 spiro atoms. The van der Waals surface area contributed by atoms with Crippen molar-refractivity contribution >= 4 is 17.3 Å². The number of morpholine rings is 1. The number of aromatic nitrogens is 1. The molecule has 3 unspecified atom stereocenters. The Kier molecular flexibility index (Phi) is 3.53. The van der Waals surface area contributed by atoms with Gasteiger partial charge in [0.15, 0.2) is 0 Å². The van der Waals surface area contributed by atoms with Gasteiger partial charge in [0.2, 0.25) is 0 Å². The summed E-state index contributed by atoms with van der Waals surface area (Å²) >= 11 is 1.43. The highest BCUT2D eigenvalue weighted by Crippen LogP contribution is 2.32. The minimum atomic E-state index is -1.05. The number of carboxylic acids is 1. The van der Waals surface area contributed by atoms with Crippen LogP contribution in [0.25, 0.3) is 0 Å². The molecule has 0 saturated carbocycles. The molecule has 3 heterocycles. The number of thiazole rings is 1. The predicted molar refractivity (Wildman–Crippen MR) is 70.0 cm³/mol. The van der Waals surface area contributed by atoms with E-state index in [2.05, 4.69) is 9.88 Å². The van der Waals surface area contributed by atoms with Crippen molar-refractivity contribution in [2.24, 2.45) is 5.73 Å². The molecular formula is C12H17N3O3S. The SMILES string of the molecule is NC(C(=O)O)c1csc(C2CN3CCCC3CO2)n1. The second-order valence-corrected chi connectivity index (χ2v) is 5.93. The molecule has 7 heteroatoms. The Labute approximate surface area is 115 Å². The number of hydrogen-bond acceptors (Lipinski definition) is 6. The highest BCUT2D eigenvalue weighted by molar-refractivity contribution is 7.09. The number of hydrogen-bond donors (Lipinski definition) is 2. The van der Waals surface area contributed by atoms with E-state index in [-0.39, 0.29) is 6.10 Å². The number of nitrogens with zero attached hydrogens (tertiary/aromatic N) is 2. The van der Waals surface area contributed by atoms with Crippen LogP contribution in [-0.4, -0.2) is 46.7 Å². The van der Waals surface area contributed by atoms with E-state index >= 15 is 0 Å². The van der Waals surface area contributed by atoms with Gasteiger partial charge < -0.3 is 15.6 Å². The van der Waals surface area contributed by atoms with Gasteiger partial charge in [-0.3, -0.25) is 9.69 Å². The van der Waals surface area contributed by atoms with Gasteiger partial charge in [-0.2, -0.15) is 0 Å². The Hall–Kier alpha value is -1.02. The molecule has 0 amide bonds. The minimum absolute atomic E-state index is 0.0471. The molecule has 3 N–H and O–H groups in total. The molecule has 1 aromatic rings. The average molecular weight is 283 g/mol. The topological polar surface area (TPSA) is 88.7 Å². The van der Waals surface area contributed by atoms with Crippen LogP contribution in [0.15, 0.2) is 5.38 Å². The van der Waals surface area contributed by atoms with Crippen molar-refractivity contribution < 1.29 is 14.6 Å². The first-order valence-electron chi connectivity index (χ1n) is 6.44. The monoisotopic (exact) mass is 283 g/mol. The zero-order valence-corrected chi connectivity index (χ0v) is 11.3. The molecular weight excluding hydrogens is 266 g/mol. The lowest BCUT2D eigenvalue weighted by Gasteiger charge is -2.34. The Morgan fingerprint density at radius 3 is 3.32 bits per heavy atom. The largest absolute Gasteiger partial charge is 0.480 e. The van der Waals surface area contributed by atoms with Gasteiger partial charge in [0.05, 0.1) is 12.3 Å². The number of nitrogens with two attached hydrogens (primary N) is 1. The van der Waals surface area contributed by atoms with E-state index in [4.69, 9.17) is 15.6 Å². The van der Waals surface area contributed by atoms with E-state index in [9.17, 15) is 4.79 Å². The quantitative estimate of drug-likeness (QED) is 0.851. The van der Waals surface area contributed by atoms with Crippen molar-refractivity contribution in [3.05, 3.63) is 16.1 Å². The first-order chi connectivity index (χ1) is 9.15. The number of rotatable bonds is 3. The zero-order valence-electron chi connectivity index (χ0n) is 10.5. The van der Waals surface area contributed by atoms with Crippen molar-refractivity contribution in [1.29, 1.82) is 0 Å². The second kappa shape index (κ2) is 5.16. The van der Waals surface area contributed by atoms with Gasteiger partial charge in [0.1, 0.15) is 17.2 Å². The van der Waals surface area contributed by atoms with Crippen LogP contribution in [0.4, 0.5) is 0 Å². The highest BCUT2D eigenvalue weighted by Gasteiger charge is 2.34. The summed E-state index contributed by atoms with van der Waals surface area (Å²) in [6.07, 6.45) is 2.39. The zero-order chi connectivity index (χ0) is 13.4. The average Bonchev–Trinajstić information content (AvgIpc) is 3.05. The van der Waals surface area contributed by atoms with Crippen LogP contribution < -0.4 is 5.73 Å². The third kappa shape index (κ3) is 2.51. The van der Waals surface area contributed by atoms with Crippen LogP contribution in [0.1, 0.15) is 35.7 Å². The third-order valence-electron chi connectivity index (χ3n) is 3.79. The normalized spacial score (nSPS) is 29.1. The van der Waals surface area contributed by atoms with Crippen LogP contribution in [-0.2, 0) is 9.53 Å². The van der Waals surface area contributed by atoms with Gasteiger partial charge in [0, 0.05) is 18.0 Å². The van der Waals surface area contributed by atoms with Crippen molar-refractivity contribution in [2.75, 3.05) is 19.7 Å². The fourth-order valence-electron chi connectivity index (χ4n) is 2.68. The summed E-state index contributed by atoms with van der Waals surface area (Å²) in [4.78, 5) is 17.6. The molecule has 0 bridgehead atoms. The van der Waals surface area contributed by atoms with Crippen molar-refractivity contribution in [2.45, 2.75) is 31.0 Å². The molecule has 0 aromatic carbocycles. The Morgan fingerprint density at radius 2 is 2.53 bits per heavy atom. The van der Waals surface area contributed by atoms with Gasteiger partial charge in [-0.15, -0.1) is 11.3 Å². The van der Waals surface area contributed by atoms with E-state index in [1.807, 2.05) is 0 Å². The fourth-order valence-corrected chi connectivity index (χ4v) is 3.58. The number of aliphatic carboxylic acids is 1. The van der Waals surface area contributed by atoms with E-state index in [0.717, 1.165) is 24.7 Å². The summed E-state index contributed by atoms with van der Waals surface area (Å²) < 4.78 is 5.85. The van der Waals surface area contributed by atoms with Gasteiger partial charge in [0.25, 0.3) is 0 Å². The molecule has 2 aliphatic heterocycles. The van der Waals surface area contributed by atoms with Crippen LogP contribution in [0, 0.1) is 0 Å². The Bertz CT molecular complexity index is 479. The summed E-state index contributed by atoms with van der Waals surface area (Å²) in [5.41, 5.74) is 5.98. The van der Waals surface area contributed by atoms with Crippen LogP contribution in [0.2, 0.25) is 0 Å². The second-order valence-electron chi connectivity index (χ2n) is 5.04. The molecule has 0 aliphatic carbocycles. The molecule has 3 atom stereocenters. The molecule has 3 rings (SSSR count). The first-order valence-corrected chi connectivity index (χ1v) is 7.32. The number of carbonyl (C=O) groups is 1. The Balaban J connectivity index is 1.71. The summed E-state index contributed by atoms with van der Waals surface area (Å²) in [6, 6.07) is -0.495. The number of carboxylic acid groups (broad SMARTS) is 1. The van der Waals surface area contributed by atoms with Crippen LogP contribution in [0.5, 0.6) is 0 Å². The number of ether oxygens (including phenoxy) is 1. The molecule has 2 fully saturated rings. The third-order valence-corrected chi connectivity index (χ3v) is 4.74. The van der Waals surface area contributed by atoms with Crippen LogP contribution in [0.3, 0.4) is 0 Å². The van der Waals surface area contributed by atoms with E-state index in [1.165, 1.54) is 24.2 Å². The minimum Gasteiger partial charge on any atom is -0.480 e. The maximum Gasteiger partial charge on any atom is 0.326 e. The van der Waals surface area contributed by atoms with E-state index in [1.54, 1.807) is 5.38 Å².